The Labute approximate surface area is 294 Å². The molecule has 0 bridgehead atoms. The Balaban J connectivity index is 1.21. The van der Waals surface area contributed by atoms with Crippen LogP contribution in [0.15, 0.2) is 84.5 Å². The first-order valence-corrected chi connectivity index (χ1v) is 17.1. The molecule has 0 fully saturated rings. The van der Waals surface area contributed by atoms with Gasteiger partial charge in [-0.1, -0.05) is 63.8 Å². The van der Waals surface area contributed by atoms with Crippen LogP contribution < -0.4 is 20.7 Å². The summed E-state index contributed by atoms with van der Waals surface area (Å²) in [5.74, 6) is -1.37. The second-order valence-electron chi connectivity index (χ2n) is 12.3. The molecule has 2 atom stereocenters. The van der Waals surface area contributed by atoms with Crippen molar-refractivity contribution in [3.05, 3.63) is 113 Å². The molecule has 3 aromatic carbocycles. The maximum absolute atomic E-state index is 12.9. The van der Waals surface area contributed by atoms with E-state index in [0.717, 1.165) is 24.8 Å². The van der Waals surface area contributed by atoms with Crippen LogP contribution in [-0.2, 0) is 20.7 Å². The summed E-state index contributed by atoms with van der Waals surface area (Å²) >= 11 is 0. The Morgan fingerprint density at radius 1 is 0.880 bits per heavy atom. The van der Waals surface area contributed by atoms with Crippen LogP contribution in [0.4, 0.5) is 11.4 Å². The van der Waals surface area contributed by atoms with E-state index >= 15 is 0 Å². The average molecular weight is 680 g/mol. The highest BCUT2D eigenvalue weighted by molar-refractivity contribution is 6.04. The summed E-state index contributed by atoms with van der Waals surface area (Å²) in [4.78, 5) is 49.9. The number of carboxylic acid groups (broad SMARTS) is 1. The van der Waals surface area contributed by atoms with Crippen LogP contribution in [0.1, 0.15) is 78.7 Å². The number of hydrogen-bond donors (Lipinski definition) is 4. The molecule has 0 radical (unpaired) electrons. The second-order valence-corrected chi connectivity index (χ2v) is 12.3. The third kappa shape index (κ3) is 12.2. The first-order valence-electron chi connectivity index (χ1n) is 17.1. The van der Waals surface area contributed by atoms with E-state index in [9.17, 15) is 24.3 Å². The fourth-order valence-corrected chi connectivity index (χ4v) is 5.21. The van der Waals surface area contributed by atoms with Gasteiger partial charge in [-0.05, 0) is 91.1 Å². The van der Waals surface area contributed by atoms with Crippen molar-refractivity contribution in [1.82, 2.24) is 5.32 Å². The maximum atomic E-state index is 12.9. The molecule has 3 amide bonds. The number of unbranched alkanes of at least 4 members (excludes halogenated alkanes) is 4. The van der Waals surface area contributed by atoms with Crippen molar-refractivity contribution in [2.45, 2.75) is 64.8 Å². The van der Waals surface area contributed by atoms with Gasteiger partial charge in [-0.25, -0.2) is 4.79 Å². The molecule has 0 saturated heterocycles. The Hall–Kier alpha value is -5.40. The summed E-state index contributed by atoms with van der Waals surface area (Å²) in [6.07, 6.45) is 12.8. The minimum absolute atomic E-state index is 0.0496. The van der Waals surface area contributed by atoms with Gasteiger partial charge in [0.15, 0.2) is 0 Å². The van der Waals surface area contributed by atoms with Crippen LogP contribution in [0.2, 0.25) is 0 Å². The number of carboxylic acids is 1. The lowest BCUT2D eigenvalue weighted by atomic mass is 9.94. The predicted octanol–water partition coefficient (Wildman–Crippen LogP) is 6.79. The summed E-state index contributed by atoms with van der Waals surface area (Å²) in [6.45, 7) is 5.20. The number of allylic oxidation sites excluding steroid dienone is 3. The molecule has 1 unspecified atom stereocenters. The summed E-state index contributed by atoms with van der Waals surface area (Å²) in [5, 5.41) is 17.8. The van der Waals surface area contributed by atoms with Crippen LogP contribution >= 0.6 is 0 Å². The minimum Gasteiger partial charge on any atom is -0.494 e. The zero-order valence-electron chi connectivity index (χ0n) is 28.6. The Morgan fingerprint density at radius 2 is 1.60 bits per heavy atom. The second kappa shape index (κ2) is 19.6. The van der Waals surface area contributed by atoms with Gasteiger partial charge in [0, 0.05) is 28.8 Å². The minimum atomic E-state index is -1.24. The van der Waals surface area contributed by atoms with Crippen molar-refractivity contribution >= 4 is 35.1 Å². The van der Waals surface area contributed by atoms with Crippen LogP contribution in [-0.4, -0.2) is 54.7 Å². The van der Waals surface area contributed by atoms with Gasteiger partial charge in [0.1, 0.15) is 18.4 Å². The molecule has 1 aliphatic carbocycles. The summed E-state index contributed by atoms with van der Waals surface area (Å²) < 4.78 is 11.3. The predicted molar refractivity (Wildman–Crippen MR) is 192 cm³/mol. The fraction of sp³-hybridized carbons (Fsp3) is 0.350. The van der Waals surface area contributed by atoms with E-state index in [1.165, 1.54) is 31.4 Å². The van der Waals surface area contributed by atoms with Gasteiger partial charge < -0.3 is 30.5 Å². The van der Waals surface area contributed by atoms with E-state index in [4.69, 9.17) is 9.47 Å². The number of ether oxygens (including phenoxy) is 2. The van der Waals surface area contributed by atoms with Crippen LogP contribution in [0.3, 0.4) is 0 Å². The van der Waals surface area contributed by atoms with Crippen molar-refractivity contribution in [2.24, 2.45) is 5.92 Å². The van der Waals surface area contributed by atoms with Crippen LogP contribution in [0.5, 0.6) is 5.75 Å². The van der Waals surface area contributed by atoms with Gasteiger partial charge in [-0.15, -0.1) is 0 Å². The molecular formula is C40H45N3O7. The third-order valence-corrected chi connectivity index (χ3v) is 8.22. The molecule has 0 aliphatic heterocycles. The van der Waals surface area contributed by atoms with Gasteiger partial charge in [0.25, 0.3) is 11.8 Å². The molecule has 0 aromatic heterocycles. The first-order chi connectivity index (χ1) is 24.2. The van der Waals surface area contributed by atoms with E-state index < -0.39 is 17.9 Å². The molecule has 10 nitrogen and oxygen atoms in total. The van der Waals surface area contributed by atoms with Gasteiger partial charge in [-0.2, -0.15) is 0 Å². The van der Waals surface area contributed by atoms with Crippen molar-refractivity contribution in [1.29, 1.82) is 0 Å². The largest absolute Gasteiger partial charge is 0.494 e. The van der Waals surface area contributed by atoms with Gasteiger partial charge in [0.2, 0.25) is 5.91 Å². The molecule has 10 heteroatoms. The third-order valence-electron chi connectivity index (χ3n) is 8.22. The SMILES string of the molecule is CCCCCCCOc1ccc(C(=O)Nc2c#cc(C[C@H](NC(=O)c3ccc(NC(=O)COCC4=CC=CCC4C)cc3)C(=O)O)cc2)cc1. The number of hydrogen-bond acceptors (Lipinski definition) is 6. The molecule has 4 rings (SSSR count). The number of rotatable bonds is 19. The van der Waals surface area contributed by atoms with Crippen molar-refractivity contribution in [3.8, 4) is 5.75 Å². The molecule has 262 valence electrons. The van der Waals surface area contributed by atoms with Crippen molar-refractivity contribution < 1.29 is 33.8 Å². The standard InChI is InChI=1S/C40H45N3O7/c1-3-4-5-6-9-24-50-35-22-16-31(17-23-35)38(45)42-34-18-12-29(13-19-34)25-36(40(47)48)43-39(46)30-14-20-33(21-15-30)41-37(44)27-49-26-32-11-8-7-10-28(32)2/h7-8,11-12,14-18,20-23,28,36H,3-6,9-10,24-27H2,1-2H3,(H,41,44)(H,42,45)(H,43,46)(H,47,48)/t28?,36-/m0/s1. The number of benzene rings is 2. The molecule has 0 heterocycles. The molecular weight excluding hydrogens is 634 g/mol. The smallest absolute Gasteiger partial charge is 0.326 e. The van der Waals surface area contributed by atoms with Crippen molar-refractivity contribution in [2.75, 3.05) is 30.5 Å². The van der Waals surface area contributed by atoms with Gasteiger partial charge in [0.05, 0.1) is 18.9 Å². The Kier molecular flexibility index (Phi) is 14.6. The van der Waals surface area contributed by atoms with E-state index in [1.807, 2.05) is 12.2 Å². The zero-order chi connectivity index (χ0) is 35.7. The van der Waals surface area contributed by atoms with Gasteiger partial charge in [-0.3, -0.25) is 14.4 Å². The zero-order valence-corrected chi connectivity index (χ0v) is 28.6. The first kappa shape index (κ1) is 37.4. The normalized spacial score (nSPS) is 14.1. The summed E-state index contributed by atoms with van der Waals surface area (Å²) in [7, 11) is 0. The molecule has 0 saturated carbocycles. The number of nitrogens with one attached hydrogen (secondary N) is 3. The van der Waals surface area contributed by atoms with Crippen LogP contribution in [0.25, 0.3) is 0 Å². The maximum Gasteiger partial charge on any atom is 0.326 e. The highest BCUT2D eigenvalue weighted by Gasteiger charge is 2.22. The van der Waals surface area contributed by atoms with E-state index in [-0.39, 0.29) is 30.4 Å². The number of amides is 3. The monoisotopic (exact) mass is 679 g/mol. The molecule has 4 N–H and O–H groups in total. The Bertz CT molecular complexity index is 1630. The number of carbonyl (C=O) groups is 4. The van der Waals surface area contributed by atoms with Crippen LogP contribution in [0, 0.1) is 18.1 Å². The van der Waals surface area contributed by atoms with E-state index in [0.29, 0.717) is 47.4 Å². The molecule has 50 heavy (non-hydrogen) atoms. The average Bonchev–Trinajstić information content (AvgIpc) is 3.11. The van der Waals surface area contributed by atoms with E-state index in [1.54, 1.807) is 48.5 Å². The van der Waals surface area contributed by atoms with Crippen molar-refractivity contribution in [3.63, 3.8) is 0 Å². The Morgan fingerprint density at radius 3 is 2.28 bits per heavy atom. The number of anilines is 2. The van der Waals surface area contributed by atoms with E-state index in [2.05, 4.69) is 48.0 Å². The lowest BCUT2D eigenvalue weighted by molar-refractivity contribution is -0.139. The van der Waals surface area contributed by atoms with Gasteiger partial charge >= 0.3 is 5.97 Å². The highest BCUT2D eigenvalue weighted by atomic mass is 16.5. The molecule has 0 spiro atoms. The topological polar surface area (TPSA) is 143 Å². The lowest BCUT2D eigenvalue weighted by Gasteiger charge is -2.17. The quantitative estimate of drug-likeness (QED) is 0.102. The molecule has 3 aromatic rings. The number of carbonyl (C=O) groups excluding carboxylic acids is 3. The number of aliphatic carboxylic acids is 1. The molecule has 1 aliphatic rings. The highest BCUT2D eigenvalue weighted by Crippen LogP contribution is 2.20. The fourth-order valence-electron chi connectivity index (χ4n) is 5.21. The summed E-state index contributed by atoms with van der Waals surface area (Å²) in [6, 6.07) is 20.7. The lowest BCUT2D eigenvalue weighted by Crippen LogP contribution is -2.42. The summed E-state index contributed by atoms with van der Waals surface area (Å²) in [5.41, 5.74) is 3.15.